The first-order chi connectivity index (χ1) is 9.58. The Balaban J connectivity index is 2.29. The van der Waals surface area contributed by atoms with Crippen molar-refractivity contribution in [2.24, 2.45) is 5.73 Å². The van der Waals surface area contributed by atoms with Crippen LogP contribution in [0.1, 0.15) is 19.3 Å². The van der Waals surface area contributed by atoms with Crippen molar-refractivity contribution in [2.45, 2.75) is 0 Å². The van der Waals surface area contributed by atoms with Crippen molar-refractivity contribution in [2.75, 3.05) is 0 Å². The van der Waals surface area contributed by atoms with Gasteiger partial charge in [0.2, 0.25) is 0 Å². The Morgan fingerprint density at radius 2 is 2.00 bits per heavy atom. The number of hydrogen-bond acceptors (Lipinski definition) is 5. The van der Waals surface area contributed by atoms with E-state index in [1.165, 1.54) is 11.3 Å². The standard InChI is InChI=1S/C13H8N2O3S2/c14-11(16)8-4-3-7(19-8)9-6-2-1-5-15-12(6)20-10(9)13(17)18/h1-5H,(H2,14,16)(H,17,18). The molecule has 0 fully saturated rings. The summed E-state index contributed by atoms with van der Waals surface area (Å²) < 4.78 is 0. The Kier molecular flexibility index (Phi) is 3.00. The first kappa shape index (κ1) is 12.8. The number of carboxylic acid groups (broad SMARTS) is 1. The summed E-state index contributed by atoms with van der Waals surface area (Å²) in [4.78, 5) is 28.7. The molecule has 3 N–H and O–H groups in total. The van der Waals surface area contributed by atoms with E-state index in [0.717, 1.165) is 16.7 Å². The molecule has 3 rings (SSSR count). The van der Waals surface area contributed by atoms with E-state index >= 15 is 0 Å². The van der Waals surface area contributed by atoms with E-state index in [-0.39, 0.29) is 4.88 Å². The quantitative estimate of drug-likeness (QED) is 0.778. The molecule has 3 aromatic rings. The lowest BCUT2D eigenvalue weighted by atomic mass is 10.1. The van der Waals surface area contributed by atoms with Crippen molar-refractivity contribution in [3.63, 3.8) is 0 Å². The van der Waals surface area contributed by atoms with Gasteiger partial charge in [0.1, 0.15) is 9.71 Å². The molecule has 0 aliphatic rings. The molecule has 0 aliphatic carbocycles. The van der Waals surface area contributed by atoms with E-state index < -0.39 is 11.9 Å². The van der Waals surface area contributed by atoms with Crippen LogP contribution in [0.5, 0.6) is 0 Å². The van der Waals surface area contributed by atoms with Gasteiger partial charge in [0, 0.05) is 22.0 Å². The number of carbonyl (C=O) groups excluding carboxylic acids is 1. The van der Waals surface area contributed by atoms with Crippen molar-refractivity contribution < 1.29 is 14.7 Å². The van der Waals surface area contributed by atoms with Crippen LogP contribution in [0.25, 0.3) is 20.7 Å². The SMILES string of the molecule is NC(=O)c1ccc(-c2c(C(=O)O)sc3ncccc23)s1. The van der Waals surface area contributed by atoms with E-state index in [4.69, 9.17) is 5.73 Å². The summed E-state index contributed by atoms with van der Waals surface area (Å²) in [6.45, 7) is 0. The molecule has 1 amide bonds. The van der Waals surface area contributed by atoms with Crippen LogP contribution in [-0.4, -0.2) is 22.0 Å². The molecule has 5 nitrogen and oxygen atoms in total. The summed E-state index contributed by atoms with van der Waals surface area (Å²) in [6.07, 6.45) is 1.62. The van der Waals surface area contributed by atoms with E-state index in [2.05, 4.69) is 4.98 Å². The lowest BCUT2D eigenvalue weighted by molar-refractivity contribution is 0.0702. The second-order valence-corrected chi connectivity index (χ2v) is 6.08. The number of carboxylic acids is 1. The molecule has 0 radical (unpaired) electrons. The minimum atomic E-state index is -1.00. The number of nitrogens with zero attached hydrogens (tertiary/aromatic N) is 1. The Bertz CT molecular complexity index is 835. The minimum Gasteiger partial charge on any atom is -0.477 e. The number of thiophene rings is 2. The van der Waals surface area contributed by atoms with Gasteiger partial charge in [-0.05, 0) is 24.3 Å². The number of aromatic carboxylic acids is 1. The summed E-state index contributed by atoms with van der Waals surface area (Å²) in [5.74, 6) is -1.52. The monoisotopic (exact) mass is 304 g/mol. The molecule has 0 bridgehead atoms. The summed E-state index contributed by atoms with van der Waals surface area (Å²) in [5, 5.41) is 10.1. The van der Waals surface area contributed by atoms with Crippen LogP contribution in [0.2, 0.25) is 0 Å². The zero-order chi connectivity index (χ0) is 14.3. The lowest BCUT2D eigenvalue weighted by Gasteiger charge is -1.97. The first-order valence-corrected chi connectivity index (χ1v) is 7.22. The van der Waals surface area contributed by atoms with E-state index in [0.29, 0.717) is 20.1 Å². The molecule has 100 valence electrons. The predicted octanol–water partition coefficient (Wildman–Crippen LogP) is 2.82. The highest BCUT2D eigenvalue weighted by Gasteiger charge is 2.21. The highest BCUT2D eigenvalue weighted by atomic mass is 32.1. The number of carbonyl (C=O) groups is 2. The fourth-order valence-corrected chi connectivity index (χ4v) is 3.92. The van der Waals surface area contributed by atoms with Crippen molar-refractivity contribution in [1.29, 1.82) is 0 Å². The molecule has 0 aliphatic heterocycles. The van der Waals surface area contributed by atoms with Gasteiger partial charge in [0.25, 0.3) is 5.91 Å². The number of hydrogen-bond donors (Lipinski definition) is 2. The number of nitrogens with two attached hydrogens (primary N) is 1. The van der Waals surface area contributed by atoms with Crippen molar-refractivity contribution >= 4 is 44.8 Å². The first-order valence-electron chi connectivity index (χ1n) is 5.58. The van der Waals surface area contributed by atoms with Crippen LogP contribution < -0.4 is 5.73 Å². The summed E-state index contributed by atoms with van der Waals surface area (Å²) >= 11 is 2.31. The van der Waals surface area contributed by atoms with E-state index in [1.807, 2.05) is 6.07 Å². The second kappa shape index (κ2) is 4.69. The molecule has 0 saturated carbocycles. The molecule has 0 spiro atoms. The molecule has 3 aromatic heterocycles. The molecule has 0 aromatic carbocycles. The predicted molar refractivity (Wildman–Crippen MR) is 78.4 cm³/mol. The lowest BCUT2D eigenvalue weighted by Crippen LogP contribution is -2.07. The largest absolute Gasteiger partial charge is 0.477 e. The third-order valence-corrected chi connectivity index (χ3v) is 4.97. The van der Waals surface area contributed by atoms with Gasteiger partial charge in [-0.2, -0.15) is 0 Å². The molecule has 0 atom stereocenters. The normalized spacial score (nSPS) is 10.8. The minimum absolute atomic E-state index is 0.219. The number of fused-ring (bicyclic) bond motifs is 1. The van der Waals surface area contributed by atoms with Gasteiger partial charge in [-0.25, -0.2) is 9.78 Å². The van der Waals surface area contributed by atoms with Crippen molar-refractivity contribution in [3.05, 3.63) is 40.2 Å². The van der Waals surface area contributed by atoms with Crippen molar-refractivity contribution in [3.8, 4) is 10.4 Å². The van der Waals surface area contributed by atoms with E-state index in [1.54, 1.807) is 24.4 Å². The van der Waals surface area contributed by atoms with Gasteiger partial charge >= 0.3 is 5.97 Å². The average Bonchev–Trinajstić information content (AvgIpc) is 3.02. The Morgan fingerprint density at radius 1 is 1.20 bits per heavy atom. The smallest absolute Gasteiger partial charge is 0.346 e. The third kappa shape index (κ3) is 1.97. The van der Waals surface area contributed by atoms with Crippen LogP contribution in [0.15, 0.2) is 30.5 Å². The Labute approximate surface area is 121 Å². The Morgan fingerprint density at radius 3 is 2.65 bits per heavy atom. The highest BCUT2D eigenvalue weighted by molar-refractivity contribution is 7.22. The van der Waals surface area contributed by atoms with Gasteiger partial charge < -0.3 is 10.8 Å². The van der Waals surface area contributed by atoms with Crippen LogP contribution in [0.4, 0.5) is 0 Å². The third-order valence-electron chi connectivity index (χ3n) is 2.76. The van der Waals surface area contributed by atoms with E-state index in [9.17, 15) is 14.7 Å². The van der Waals surface area contributed by atoms with Gasteiger partial charge in [0.05, 0.1) is 4.88 Å². The molecule has 20 heavy (non-hydrogen) atoms. The highest BCUT2D eigenvalue weighted by Crippen LogP contribution is 2.40. The van der Waals surface area contributed by atoms with Gasteiger partial charge in [-0.15, -0.1) is 22.7 Å². The maximum Gasteiger partial charge on any atom is 0.346 e. The van der Waals surface area contributed by atoms with Gasteiger partial charge in [-0.1, -0.05) is 0 Å². The van der Waals surface area contributed by atoms with Crippen LogP contribution >= 0.6 is 22.7 Å². The number of primary amides is 1. The number of amides is 1. The summed E-state index contributed by atoms with van der Waals surface area (Å²) in [6, 6.07) is 6.90. The van der Waals surface area contributed by atoms with Gasteiger partial charge in [0.15, 0.2) is 0 Å². The maximum atomic E-state index is 11.4. The summed E-state index contributed by atoms with van der Waals surface area (Å²) in [7, 11) is 0. The maximum absolute atomic E-state index is 11.4. The number of pyridine rings is 1. The van der Waals surface area contributed by atoms with Crippen LogP contribution in [0, 0.1) is 0 Å². The number of rotatable bonds is 3. The van der Waals surface area contributed by atoms with Crippen LogP contribution in [-0.2, 0) is 0 Å². The molecular weight excluding hydrogens is 296 g/mol. The zero-order valence-corrected chi connectivity index (χ0v) is 11.6. The zero-order valence-electron chi connectivity index (χ0n) is 9.99. The molecule has 0 saturated heterocycles. The molecule has 7 heteroatoms. The topological polar surface area (TPSA) is 93.3 Å². The Hall–Kier alpha value is -2.25. The van der Waals surface area contributed by atoms with Gasteiger partial charge in [-0.3, -0.25) is 4.79 Å². The molecular formula is C13H8N2O3S2. The fraction of sp³-hybridized carbons (Fsp3) is 0. The molecule has 3 heterocycles. The second-order valence-electron chi connectivity index (χ2n) is 4.00. The number of aromatic nitrogens is 1. The summed E-state index contributed by atoms with van der Waals surface area (Å²) in [5.41, 5.74) is 5.84. The fourth-order valence-electron chi connectivity index (χ4n) is 1.93. The molecule has 0 unspecified atom stereocenters. The van der Waals surface area contributed by atoms with Crippen molar-refractivity contribution in [1.82, 2.24) is 4.98 Å². The average molecular weight is 304 g/mol. The van der Waals surface area contributed by atoms with Crippen LogP contribution in [0.3, 0.4) is 0 Å².